The zero-order valence-corrected chi connectivity index (χ0v) is 12.1. The van der Waals surface area contributed by atoms with Gasteiger partial charge < -0.3 is 10.5 Å². The second-order valence-corrected chi connectivity index (χ2v) is 4.98. The number of carbonyl (C=O) groups is 1. The van der Waals surface area contributed by atoms with Gasteiger partial charge in [0.15, 0.2) is 5.78 Å². The fraction of sp³-hybridized carbons (Fsp3) is 0.615. The van der Waals surface area contributed by atoms with Crippen molar-refractivity contribution < 1.29 is 9.53 Å². The number of nitrogens with zero attached hydrogens (tertiary/aromatic N) is 2. The highest BCUT2D eigenvalue weighted by Crippen LogP contribution is 2.07. The number of H-pyrrole nitrogens is 1. The first-order valence-corrected chi connectivity index (χ1v) is 7.00. The topological polar surface area (TPSA) is 110 Å². The number of rotatable bonds is 5. The van der Waals surface area contributed by atoms with Gasteiger partial charge in [-0.2, -0.15) is 0 Å². The molecule has 0 spiro atoms. The number of aromatic nitrogens is 2. The quantitative estimate of drug-likeness (QED) is 0.677. The van der Waals surface area contributed by atoms with E-state index in [1.165, 1.54) is 4.57 Å². The van der Waals surface area contributed by atoms with Crippen molar-refractivity contribution >= 4 is 11.6 Å². The second-order valence-electron chi connectivity index (χ2n) is 4.98. The number of ether oxygens (including phenoxy) is 1. The van der Waals surface area contributed by atoms with Crippen LogP contribution < -0.4 is 17.0 Å². The number of carbonyl (C=O) groups excluding carboxylic acids is 1. The van der Waals surface area contributed by atoms with Crippen molar-refractivity contribution in [2.24, 2.45) is 0 Å². The van der Waals surface area contributed by atoms with Crippen molar-refractivity contribution in [3.05, 3.63) is 26.4 Å². The molecule has 2 heterocycles. The van der Waals surface area contributed by atoms with E-state index in [1.807, 2.05) is 11.8 Å². The van der Waals surface area contributed by atoms with Crippen LogP contribution in [0.2, 0.25) is 0 Å². The van der Waals surface area contributed by atoms with Crippen LogP contribution in [0.3, 0.4) is 0 Å². The Hall–Kier alpha value is -1.93. The summed E-state index contributed by atoms with van der Waals surface area (Å²) in [5.41, 5.74) is 4.43. The Morgan fingerprint density at radius 1 is 1.33 bits per heavy atom. The number of nitrogens with one attached hydrogen (secondary N) is 1. The number of Topliss-reactive ketones (excluding diaryl/α,β-unsaturated/α-hetero) is 1. The average Bonchev–Trinajstić information content (AvgIpc) is 2.44. The van der Waals surface area contributed by atoms with E-state index >= 15 is 0 Å². The third-order valence-electron chi connectivity index (χ3n) is 3.44. The minimum absolute atomic E-state index is 0.0520. The zero-order chi connectivity index (χ0) is 15.4. The van der Waals surface area contributed by atoms with Crippen LogP contribution in [0.25, 0.3) is 0 Å². The molecule has 1 aromatic rings. The minimum atomic E-state index is -0.719. The first-order chi connectivity index (χ1) is 10.0. The van der Waals surface area contributed by atoms with Gasteiger partial charge >= 0.3 is 5.69 Å². The van der Waals surface area contributed by atoms with E-state index in [4.69, 9.17) is 10.5 Å². The SMILES string of the molecule is CCCn1c(N)c(C(=O)CN2CCOCC2)c(=O)[nH]c1=O. The van der Waals surface area contributed by atoms with Gasteiger partial charge in [0, 0.05) is 19.6 Å². The molecule has 116 valence electrons. The van der Waals surface area contributed by atoms with Crippen molar-refractivity contribution in [1.29, 1.82) is 0 Å². The molecule has 1 aliphatic rings. The minimum Gasteiger partial charge on any atom is -0.384 e. The van der Waals surface area contributed by atoms with Gasteiger partial charge in [0.2, 0.25) is 0 Å². The lowest BCUT2D eigenvalue weighted by Crippen LogP contribution is -2.42. The third kappa shape index (κ3) is 3.40. The highest BCUT2D eigenvalue weighted by atomic mass is 16.5. The first kappa shape index (κ1) is 15.5. The summed E-state index contributed by atoms with van der Waals surface area (Å²) in [6, 6.07) is 0. The van der Waals surface area contributed by atoms with Gasteiger partial charge in [0.25, 0.3) is 5.56 Å². The molecular weight excluding hydrogens is 276 g/mol. The number of nitrogens with two attached hydrogens (primary N) is 1. The number of anilines is 1. The zero-order valence-electron chi connectivity index (χ0n) is 12.1. The Morgan fingerprint density at radius 2 is 2.00 bits per heavy atom. The lowest BCUT2D eigenvalue weighted by Gasteiger charge is -2.25. The molecule has 0 aliphatic carbocycles. The number of aromatic amines is 1. The molecule has 0 bridgehead atoms. The summed E-state index contributed by atoms with van der Waals surface area (Å²) in [5.74, 6) is -0.427. The summed E-state index contributed by atoms with van der Waals surface area (Å²) in [6.45, 7) is 4.74. The van der Waals surface area contributed by atoms with Crippen LogP contribution in [0, 0.1) is 0 Å². The first-order valence-electron chi connectivity index (χ1n) is 7.00. The van der Waals surface area contributed by atoms with Gasteiger partial charge in [-0.25, -0.2) is 4.79 Å². The van der Waals surface area contributed by atoms with Crippen molar-refractivity contribution in [3.63, 3.8) is 0 Å². The number of hydrogen-bond donors (Lipinski definition) is 2. The van der Waals surface area contributed by atoms with Crippen molar-refractivity contribution in [3.8, 4) is 0 Å². The summed E-state index contributed by atoms with van der Waals surface area (Å²) in [4.78, 5) is 40.0. The van der Waals surface area contributed by atoms with E-state index in [0.29, 0.717) is 39.3 Å². The Morgan fingerprint density at radius 3 is 2.62 bits per heavy atom. The predicted octanol–water partition coefficient (Wildman–Crippen LogP) is -0.956. The van der Waals surface area contributed by atoms with Gasteiger partial charge in [-0.3, -0.25) is 24.0 Å². The van der Waals surface area contributed by atoms with Gasteiger partial charge in [-0.15, -0.1) is 0 Å². The van der Waals surface area contributed by atoms with Crippen molar-refractivity contribution in [2.45, 2.75) is 19.9 Å². The highest BCUT2D eigenvalue weighted by Gasteiger charge is 2.22. The molecular formula is C13H20N4O4. The molecule has 3 N–H and O–H groups in total. The van der Waals surface area contributed by atoms with E-state index < -0.39 is 11.2 Å². The fourth-order valence-corrected chi connectivity index (χ4v) is 2.34. The summed E-state index contributed by atoms with van der Waals surface area (Å²) in [5, 5.41) is 0. The molecule has 0 atom stereocenters. The maximum Gasteiger partial charge on any atom is 0.329 e. The lowest BCUT2D eigenvalue weighted by atomic mass is 10.1. The molecule has 0 unspecified atom stereocenters. The van der Waals surface area contributed by atoms with Crippen LogP contribution >= 0.6 is 0 Å². The Balaban J connectivity index is 2.29. The van der Waals surface area contributed by atoms with Crippen LogP contribution in [0.5, 0.6) is 0 Å². The fourth-order valence-electron chi connectivity index (χ4n) is 2.34. The van der Waals surface area contributed by atoms with E-state index in [-0.39, 0.29) is 23.7 Å². The number of hydrogen-bond acceptors (Lipinski definition) is 6. The monoisotopic (exact) mass is 296 g/mol. The Bertz CT molecular complexity index is 628. The molecule has 8 nitrogen and oxygen atoms in total. The summed E-state index contributed by atoms with van der Waals surface area (Å²) >= 11 is 0. The molecule has 21 heavy (non-hydrogen) atoms. The third-order valence-corrected chi connectivity index (χ3v) is 3.44. The smallest absolute Gasteiger partial charge is 0.329 e. The molecule has 2 rings (SSSR count). The van der Waals surface area contributed by atoms with Crippen LogP contribution in [0.4, 0.5) is 5.82 Å². The average molecular weight is 296 g/mol. The molecule has 8 heteroatoms. The van der Waals surface area contributed by atoms with Gasteiger partial charge in [0.05, 0.1) is 19.8 Å². The molecule has 1 saturated heterocycles. The van der Waals surface area contributed by atoms with Crippen molar-refractivity contribution in [2.75, 3.05) is 38.6 Å². The maximum atomic E-state index is 12.3. The lowest BCUT2D eigenvalue weighted by molar-refractivity contribution is 0.0371. The predicted molar refractivity (Wildman–Crippen MR) is 77.6 cm³/mol. The van der Waals surface area contributed by atoms with Gasteiger partial charge in [-0.05, 0) is 6.42 Å². The van der Waals surface area contributed by atoms with Crippen LogP contribution in [0.15, 0.2) is 9.59 Å². The maximum absolute atomic E-state index is 12.3. The molecule has 0 saturated carbocycles. The Labute approximate surface area is 121 Å². The van der Waals surface area contributed by atoms with Gasteiger partial charge in [0.1, 0.15) is 11.4 Å². The molecule has 0 amide bonds. The van der Waals surface area contributed by atoms with E-state index in [9.17, 15) is 14.4 Å². The van der Waals surface area contributed by atoms with Crippen molar-refractivity contribution in [1.82, 2.24) is 14.5 Å². The highest BCUT2D eigenvalue weighted by molar-refractivity contribution is 6.01. The van der Waals surface area contributed by atoms with E-state index in [2.05, 4.69) is 4.98 Å². The Kier molecular flexibility index (Phi) is 4.92. The summed E-state index contributed by atoms with van der Waals surface area (Å²) in [7, 11) is 0. The number of ketones is 1. The summed E-state index contributed by atoms with van der Waals surface area (Å²) < 4.78 is 6.44. The normalized spacial score (nSPS) is 16.0. The molecule has 0 aromatic carbocycles. The molecule has 1 aliphatic heterocycles. The van der Waals surface area contributed by atoms with Gasteiger partial charge in [-0.1, -0.05) is 6.92 Å². The standard InChI is InChI=1S/C13H20N4O4/c1-2-3-17-11(14)10(12(19)15-13(17)20)9(18)8-16-4-6-21-7-5-16/h2-8,14H2,1H3,(H,15,19,20). The molecule has 0 radical (unpaired) electrons. The van der Waals surface area contributed by atoms with Crippen LogP contribution in [-0.2, 0) is 11.3 Å². The molecule has 1 aromatic heterocycles. The van der Waals surface area contributed by atoms with Crippen LogP contribution in [0.1, 0.15) is 23.7 Å². The van der Waals surface area contributed by atoms with Crippen LogP contribution in [-0.4, -0.2) is 53.1 Å². The van der Waals surface area contributed by atoms with E-state index in [0.717, 1.165) is 0 Å². The largest absolute Gasteiger partial charge is 0.384 e. The van der Waals surface area contributed by atoms with E-state index in [1.54, 1.807) is 0 Å². The second kappa shape index (κ2) is 6.68. The number of morpholine rings is 1. The molecule has 1 fully saturated rings. The number of nitrogen functional groups attached to an aromatic ring is 1. The summed E-state index contributed by atoms with van der Waals surface area (Å²) in [6.07, 6.45) is 0.674.